The van der Waals surface area contributed by atoms with Gasteiger partial charge in [-0.1, -0.05) is 49.2 Å². The van der Waals surface area contributed by atoms with Gasteiger partial charge in [-0.3, -0.25) is 19.5 Å². The summed E-state index contributed by atoms with van der Waals surface area (Å²) >= 11 is 0. The Labute approximate surface area is 379 Å². The molecule has 1 aliphatic carbocycles. The van der Waals surface area contributed by atoms with Gasteiger partial charge in [0.15, 0.2) is 23.2 Å². The van der Waals surface area contributed by atoms with Crippen LogP contribution in [0.3, 0.4) is 0 Å². The van der Waals surface area contributed by atoms with E-state index in [2.05, 4.69) is 11.2 Å². The lowest BCUT2D eigenvalue weighted by molar-refractivity contribution is -0.851. The SMILES string of the molecule is COc1ccc2c(c1OCCO)OC1c3c(cc4c(c3C[NH+]3C=C5N=CC=C5C3)CC3(CCCC3)C3(O)C(O4)OC(C(OC(=O)CC(=O)O)C(N)N)C(O)C3O)OC(Cc3ccccc3)C21. The summed E-state index contributed by atoms with van der Waals surface area (Å²) in [5.41, 5.74) is 15.0. The molecule has 350 valence electrons. The van der Waals surface area contributed by atoms with Crippen molar-refractivity contribution in [1.29, 1.82) is 0 Å². The molecule has 66 heavy (non-hydrogen) atoms. The topological polar surface area (TPSA) is 269 Å². The van der Waals surface area contributed by atoms with Gasteiger partial charge < -0.3 is 70.2 Å². The van der Waals surface area contributed by atoms with Crippen LogP contribution in [0.4, 0.5) is 0 Å². The fourth-order valence-corrected chi connectivity index (χ4v) is 11.5. The maximum atomic E-state index is 13.2. The minimum absolute atomic E-state index is 0.00578. The van der Waals surface area contributed by atoms with E-state index in [9.17, 15) is 35.1 Å². The largest absolute Gasteiger partial charge is 0.493 e. The molecular weight excluding hydrogens is 857 g/mol. The highest BCUT2D eigenvalue weighted by atomic mass is 16.7. The van der Waals surface area contributed by atoms with Gasteiger partial charge in [0.05, 0.1) is 25.8 Å². The van der Waals surface area contributed by atoms with Crippen molar-refractivity contribution in [3.05, 3.63) is 99.9 Å². The second kappa shape index (κ2) is 17.3. The first-order valence-electron chi connectivity index (χ1n) is 22.5. The van der Waals surface area contributed by atoms with Crippen molar-refractivity contribution in [2.45, 2.75) is 112 Å². The maximum absolute atomic E-state index is 13.2. The predicted molar refractivity (Wildman–Crippen MR) is 232 cm³/mol. The second-order valence-electron chi connectivity index (χ2n) is 18.3. The number of rotatable bonds is 13. The minimum Gasteiger partial charge on any atom is -0.493 e. The number of hydrogen-bond acceptors (Lipinski definition) is 16. The van der Waals surface area contributed by atoms with Crippen molar-refractivity contribution >= 4 is 18.2 Å². The average molecular weight is 912 g/mol. The summed E-state index contributed by atoms with van der Waals surface area (Å²) in [5, 5.41) is 56.4. The third-order valence-electron chi connectivity index (χ3n) is 14.5. The number of carbonyl (C=O) groups is 2. The van der Waals surface area contributed by atoms with Crippen molar-refractivity contribution in [3.8, 4) is 28.7 Å². The molecule has 0 bridgehead atoms. The molecule has 3 aromatic carbocycles. The predicted octanol–water partition coefficient (Wildman–Crippen LogP) is 0.841. The van der Waals surface area contributed by atoms with Gasteiger partial charge >= 0.3 is 11.9 Å². The molecule has 10 N–H and O–H groups in total. The highest BCUT2D eigenvalue weighted by Crippen LogP contribution is 2.63. The summed E-state index contributed by atoms with van der Waals surface area (Å²) in [6.07, 6.45) is -3.61. The number of aliphatic imine (C=N–C) groups is 1. The van der Waals surface area contributed by atoms with E-state index >= 15 is 0 Å². The molecule has 2 fully saturated rings. The van der Waals surface area contributed by atoms with Gasteiger partial charge in [0, 0.05) is 51.9 Å². The monoisotopic (exact) mass is 911 g/mol. The van der Waals surface area contributed by atoms with E-state index in [4.69, 9.17) is 44.6 Å². The molecule has 18 heteroatoms. The second-order valence-corrected chi connectivity index (χ2v) is 18.3. The number of carbonyl (C=O) groups excluding carboxylic acids is 1. The third kappa shape index (κ3) is 7.30. The van der Waals surface area contributed by atoms with Crippen LogP contribution in [0.5, 0.6) is 28.7 Å². The van der Waals surface area contributed by atoms with E-state index in [0.29, 0.717) is 73.9 Å². The van der Waals surface area contributed by atoms with Crippen molar-refractivity contribution in [3.63, 3.8) is 0 Å². The summed E-state index contributed by atoms with van der Waals surface area (Å²) in [7, 11) is 1.55. The number of benzene rings is 3. The Kier molecular flexibility index (Phi) is 11.6. The zero-order chi connectivity index (χ0) is 46.1. The van der Waals surface area contributed by atoms with Crippen LogP contribution < -0.4 is 40.1 Å². The number of nitrogens with two attached hydrogens (primary N) is 2. The molecule has 1 saturated heterocycles. The number of aliphatic hydroxyl groups excluding tert-OH is 3. The number of nitrogens with one attached hydrogen (secondary N) is 1. The number of hydrogen-bond donors (Lipinski definition) is 8. The molecule has 10 unspecified atom stereocenters. The molecule has 10 rings (SSSR count). The highest BCUT2D eigenvalue weighted by Gasteiger charge is 2.69. The molecule has 3 aromatic rings. The summed E-state index contributed by atoms with van der Waals surface area (Å²) < 4.78 is 44.9. The molecule has 7 aliphatic rings. The van der Waals surface area contributed by atoms with Crippen LogP contribution in [0.2, 0.25) is 0 Å². The van der Waals surface area contributed by atoms with E-state index in [0.717, 1.165) is 44.0 Å². The molecule has 0 aromatic heterocycles. The Morgan fingerprint density at radius 3 is 2.55 bits per heavy atom. The van der Waals surface area contributed by atoms with Crippen LogP contribution in [0, 0.1) is 5.41 Å². The summed E-state index contributed by atoms with van der Waals surface area (Å²) in [4.78, 5) is 29.7. The Morgan fingerprint density at radius 1 is 1.05 bits per heavy atom. The van der Waals surface area contributed by atoms with E-state index in [1.54, 1.807) is 19.4 Å². The first kappa shape index (κ1) is 44.3. The highest BCUT2D eigenvalue weighted by molar-refractivity contribution is 5.90. The molecule has 1 spiro atoms. The molecular formula is C48H55N4O14+. The molecule has 0 amide bonds. The molecule has 6 aliphatic heterocycles. The van der Waals surface area contributed by atoms with Crippen LogP contribution in [0.25, 0.3) is 0 Å². The molecule has 10 atom stereocenters. The number of fused-ring (bicyclic) bond motifs is 9. The Hall–Kier alpha value is -5.57. The average Bonchev–Trinajstić information content (AvgIpc) is 4.10. The van der Waals surface area contributed by atoms with Gasteiger partial charge in [0.1, 0.15) is 80.0 Å². The standard InChI is InChI=1S/C48H54N4O14/c1-60-30-10-9-26-36-32(17-24-7-3-2-4-8-24)62-33-18-31-27(28(22-52-21-25-11-14-51-29(25)23-52)37(33)41(36)65-39(26)40(30)61-16-15-53)20-47(12-5-6-13-47)48(59)44(58)38(57)42(66-46(48)63-31)43(45(49)50)64-35(56)19-34(54)55/h2-4,7-11,14,18,23,32,36,38,41-46,53,57-59H,5-6,12-13,15-17,19-22,49-50H2,1H3,(H,54,55)/p+1. The summed E-state index contributed by atoms with van der Waals surface area (Å²) in [6.45, 7) is 0.835. The number of nitrogens with zero attached hydrogens (tertiary/aromatic N) is 1. The smallest absolute Gasteiger partial charge is 0.317 e. The number of carboxylic acid groups (broad SMARTS) is 1. The van der Waals surface area contributed by atoms with Gasteiger partial charge in [-0.2, -0.15) is 0 Å². The molecule has 6 heterocycles. The van der Waals surface area contributed by atoms with Crippen LogP contribution in [0.1, 0.15) is 71.9 Å². The van der Waals surface area contributed by atoms with E-state index in [1.807, 2.05) is 48.5 Å². The number of esters is 1. The summed E-state index contributed by atoms with van der Waals surface area (Å²) in [6, 6.07) is 15.6. The fourth-order valence-electron chi connectivity index (χ4n) is 11.5. The van der Waals surface area contributed by atoms with Crippen molar-refractivity contribution in [1.82, 2.24) is 0 Å². The molecule has 18 nitrogen and oxygen atoms in total. The lowest BCUT2D eigenvalue weighted by atomic mass is 9.61. The van der Waals surface area contributed by atoms with Crippen molar-refractivity contribution in [2.24, 2.45) is 21.9 Å². The van der Waals surface area contributed by atoms with Crippen LogP contribution >= 0.6 is 0 Å². The third-order valence-corrected chi connectivity index (χ3v) is 14.5. The first-order chi connectivity index (χ1) is 31.8. The lowest BCUT2D eigenvalue weighted by Crippen LogP contribution is -3.05. The van der Waals surface area contributed by atoms with Gasteiger partial charge in [-0.25, -0.2) is 0 Å². The Morgan fingerprint density at radius 2 is 1.83 bits per heavy atom. The minimum atomic E-state index is -2.24. The van der Waals surface area contributed by atoms with Gasteiger partial charge in [0.25, 0.3) is 0 Å². The van der Waals surface area contributed by atoms with Crippen molar-refractivity contribution < 1.29 is 73.2 Å². The van der Waals surface area contributed by atoms with Crippen LogP contribution in [-0.2, 0) is 38.4 Å². The van der Waals surface area contributed by atoms with Gasteiger partial charge in [-0.05, 0) is 37.0 Å². The number of quaternary nitrogens is 1. The normalized spacial score (nSPS) is 29.9. The lowest BCUT2D eigenvalue weighted by Gasteiger charge is -2.55. The zero-order valence-electron chi connectivity index (χ0n) is 36.3. The van der Waals surface area contributed by atoms with E-state index in [1.165, 1.54) is 0 Å². The maximum Gasteiger partial charge on any atom is 0.317 e. The van der Waals surface area contributed by atoms with Gasteiger partial charge in [-0.15, -0.1) is 0 Å². The number of methoxy groups -OCH3 is 1. The Balaban J connectivity index is 1.14. The number of aliphatic carboxylic acids is 1. The number of aliphatic hydroxyl groups is 4. The molecule has 0 radical (unpaired) electrons. The fraction of sp³-hybridized carbons (Fsp3) is 0.479. The summed E-state index contributed by atoms with van der Waals surface area (Å²) in [5.74, 6) is -0.946. The van der Waals surface area contributed by atoms with Crippen molar-refractivity contribution in [2.75, 3.05) is 26.9 Å². The van der Waals surface area contributed by atoms with E-state index < -0.39 is 78.5 Å². The zero-order valence-corrected chi connectivity index (χ0v) is 36.3. The Bertz CT molecular complexity index is 2490. The van der Waals surface area contributed by atoms with Crippen LogP contribution in [-0.4, -0.2) is 119 Å². The molecule has 1 saturated carbocycles. The van der Waals surface area contributed by atoms with Crippen LogP contribution in [0.15, 0.2) is 77.1 Å². The van der Waals surface area contributed by atoms with E-state index in [-0.39, 0.29) is 25.6 Å². The first-order valence-corrected chi connectivity index (χ1v) is 22.5. The number of ether oxygens (including phenoxy) is 7. The quantitative estimate of drug-likeness (QED) is 0.0671. The number of carboxylic acids is 1. The number of allylic oxidation sites excluding steroid dienone is 1. The van der Waals surface area contributed by atoms with Gasteiger partial charge in [0.2, 0.25) is 12.0 Å².